The molecule has 29 heavy (non-hydrogen) atoms. The first-order valence-electron chi connectivity index (χ1n) is 8.80. The maximum atomic E-state index is 14.2. The fraction of sp³-hybridized carbons (Fsp3) is 0.0909. The highest BCUT2D eigenvalue weighted by Crippen LogP contribution is 2.29. The Morgan fingerprint density at radius 2 is 1.90 bits per heavy atom. The minimum absolute atomic E-state index is 0.203. The van der Waals surface area contributed by atoms with E-state index < -0.39 is 0 Å². The quantitative estimate of drug-likeness (QED) is 0.313. The number of halogens is 2. The highest BCUT2D eigenvalue weighted by Gasteiger charge is 2.16. The van der Waals surface area contributed by atoms with Gasteiger partial charge in [0.2, 0.25) is 0 Å². The fourth-order valence-electron chi connectivity index (χ4n) is 2.99. The zero-order chi connectivity index (χ0) is 20.4. The van der Waals surface area contributed by atoms with Gasteiger partial charge >= 0.3 is 0 Å². The Morgan fingerprint density at radius 1 is 1.10 bits per heavy atom. The van der Waals surface area contributed by atoms with Crippen molar-refractivity contribution in [3.63, 3.8) is 0 Å². The molecule has 0 saturated carbocycles. The lowest BCUT2D eigenvalue weighted by molar-refractivity contribution is 0.414. The van der Waals surface area contributed by atoms with E-state index in [1.54, 1.807) is 61.7 Å². The zero-order valence-corrected chi connectivity index (χ0v) is 17.0. The van der Waals surface area contributed by atoms with E-state index in [1.165, 1.54) is 22.4 Å². The van der Waals surface area contributed by atoms with Gasteiger partial charge in [-0.25, -0.2) is 9.37 Å². The number of hydrogen-bond acceptors (Lipinski definition) is 4. The molecule has 1 aromatic heterocycles. The van der Waals surface area contributed by atoms with Crippen LogP contribution in [0.1, 0.15) is 5.56 Å². The molecule has 0 fully saturated rings. The van der Waals surface area contributed by atoms with Gasteiger partial charge in [-0.05, 0) is 36.4 Å². The molecule has 0 aliphatic heterocycles. The van der Waals surface area contributed by atoms with Crippen LogP contribution in [0.25, 0.3) is 16.6 Å². The van der Waals surface area contributed by atoms with Gasteiger partial charge in [-0.1, -0.05) is 47.6 Å². The fourth-order valence-corrected chi connectivity index (χ4v) is 4.35. The molecule has 4 rings (SSSR count). The number of fused-ring (bicyclic) bond motifs is 1. The van der Waals surface area contributed by atoms with Crippen molar-refractivity contribution in [3.05, 3.63) is 93.5 Å². The average molecular weight is 427 g/mol. The summed E-state index contributed by atoms with van der Waals surface area (Å²) in [6, 6.07) is 18.9. The van der Waals surface area contributed by atoms with Crippen molar-refractivity contribution in [2.24, 2.45) is 0 Å². The third-order valence-electron chi connectivity index (χ3n) is 4.46. The molecule has 0 saturated heterocycles. The zero-order valence-electron chi connectivity index (χ0n) is 15.4. The molecule has 0 radical (unpaired) electrons. The second kappa shape index (κ2) is 8.27. The van der Waals surface area contributed by atoms with Gasteiger partial charge in [0, 0.05) is 22.4 Å². The van der Waals surface area contributed by atoms with Crippen LogP contribution >= 0.6 is 23.4 Å². The highest BCUT2D eigenvalue weighted by atomic mass is 35.5. The van der Waals surface area contributed by atoms with Crippen LogP contribution in [-0.2, 0) is 5.75 Å². The summed E-state index contributed by atoms with van der Waals surface area (Å²) in [5.74, 6) is 0.469. The van der Waals surface area contributed by atoms with Gasteiger partial charge in [0.15, 0.2) is 5.16 Å². The molecule has 0 amide bonds. The van der Waals surface area contributed by atoms with Crippen LogP contribution in [0.3, 0.4) is 0 Å². The summed E-state index contributed by atoms with van der Waals surface area (Å²) in [6.45, 7) is 0. The van der Waals surface area contributed by atoms with E-state index in [9.17, 15) is 9.18 Å². The predicted octanol–water partition coefficient (Wildman–Crippen LogP) is 5.48. The maximum absolute atomic E-state index is 14.2. The molecule has 0 spiro atoms. The van der Waals surface area contributed by atoms with Crippen molar-refractivity contribution in [1.82, 2.24) is 9.55 Å². The van der Waals surface area contributed by atoms with Crippen molar-refractivity contribution in [2.75, 3.05) is 7.11 Å². The topological polar surface area (TPSA) is 44.1 Å². The Kier molecular flexibility index (Phi) is 5.56. The molecule has 146 valence electrons. The number of thioether (sulfide) groups is 1. The van der Waals surface area contributed by atoms with E-state index >= 15 is 0 Å². The van der Waals surface area contributed by atoms with E-state index in [0.29, 0.717) is 38.1 Å². The number of ether oxygens (including phenoxy) is 1. The van der Waals surface area contributed by atoms with Crippen LogP contribution in [0, 0.1) is 5.82 Å². The summed E-state index contributed by atoms with van der Waals surface area (Å²) in [5.41, 5.74) is 1.37. The third-order valence-corrected chi connectivity index (χ3v) is 5.78. The van der Waals surface area contributed by atoms with Crippen molar-refractivity contribution >= 4 is 34.3 Å². The standard InChI is InChI=1S/C22H16ClFN2O2S/c1-28-15-7-4-6-14(12-15)26-21(27)16-8-2-3-11-20(16)25-22(26)29-13-17-18(23)9-5-10-19(17)24/h2-12H,13H2,1H3. The summed E-state index contributed by atoms with van der Waals surface area (Å²) >= 11 is 7.41. The number of rotatable bonds is 5. The molecule has 0 aliphatic carbocycles. The van der Waals surface area contributed by atoms with Crippen LogP contribution in [0.15, 0.2) is 76.7 Å². The number of nitrogens with zero attached hydrogens (tertiary/aromatic N) is 2. The van der Waals surface area contributed by atoms with Gasteiger partial charge in [0.25, 0.3) is 5.56 Å². The van der Waals surface area contributed by atoms with Crippen LogP contribution in [0.5, 0.6) is 5.75 Å². The van der Waals surface area contributed by atoms with E-state index in [4.69, 9.17) is 16.3 Å². The lowest BCUT2D eigenvalue weighted by Crippen LogP contribution is -2.21. The number of methoxy groups -OCH3 is 1. The highest BCUT2D eigenvalue weighted by molar-refractivity contribution is 7.98. The molecule has 7 heteroatoms. The van der Waals surface area contributed by atoms with E-state index in [0.717, 1.165) is 0 Å². The molecule has 0 N–H and O–H groups in total. The van der Waals surface area contributed by atoms with E-state index in [2.05, 4.69) is 4.98 Å². The van der Waals surface area contributed by atoms with E-state index in [-0.39, 0.29) is 17.1 Å². The van der Waals surface area contributed by atoms with Crippen LogP contribution in [0.4, 0.5) is 4.39 Å². The second-order valence-corrected chi connectivity index (χ2v) is 7.59. The summed E-state index contributed by atoms with van der Waals surface area (Å²) in [5, 5.41) is 1.29. The Bertz CT molecular complexity index is 1240. The summed E-state index contributed by atoms with van der Waals surface area (Å²) in [4.78, 5) is 17.9. The Balaban J connectivity index is 1.86. The van der Waals surface area contributed by atoms with Crippen LogP contribution in [0.2, 0.25) is 5.02 Å². The molecule has 0 unspecified atom stereocenters. The summed E-state index contributed by atoms with van der Waals surface area (Å²) in [7, 11) is 1.57. The third kappa shape index (κ3) is 3.86. The summed E-state index contributed by atoms with van der Waals surface area (Å²) < 4.78 is 21.0. The van der Waals surface area contributed by atoms with Crippen LogP contribution in [-0.4, -0.2) is 16.7 Å². The first kappa shape index (κ1) is 19.5. The monoisotopic (exact) mass is 426 g/mol. The Hall–Kier alpha value is -2.83. The molecular formula is C22H16ClFN2O2S. The SMILES string of the molecule is COc1cccc(-n2c(SCc3c(F)cccc3Cl)nc3ccccc3c2=O)c1. The lowest BCUT2D eigenvalue weighted by atomic mass is 10.2. The van der Waals surface area contributed by atoms with Gasteiger partial charge in [-0.3, -0.25) is 9.36 Å². The van der Waals surface area contributed by atoms with Gasteiger partial charge < -0.3 is 4.74 Å². The van der Waals surface area contributed by atoms with Crippen molar-refractivity contribution < 1.29 is 9.13 Å². The number of hydrogen-bond donors (Lipinski definition) is 0. The second-order valence-electron chi connectivity index (χ2n) is 6.24. The van der Waals surface area contributed by atoms with Gasteiger partial charge in [0.05, 0.1) is 23.7 Å². The molecule has 0 bridgehead atoms. The Labute approximate surface area is 175 Å². The van der Waals surface area contributed by atoms with E-state index in [1.807, 2.05) is 6.07 Å². The Morgan fingerprint density at radius 3 is 2.69 bits per heavy atom. The van der Waals surface area contributed by atoms with Crippen molar-refractivity contribution in [3.8, 4) is 11.4 Å². The molecular weight excluding hydrogens is 411 g/mol. The largest absolute Gasteiger partial charge is 0.497 e. The predicted molar refractivity (Wildman–Crippen MR) is 115 cm³/mol. The number of para-hydroxylation sites is 1. The molecule has 0 aliphatic rings. The van der Waals surface area contributed by atoms with Gasteiger partial charge in [-0.15, -0.1) is 0 Å². The molecule has 1 heterocycles. The van der Waals surface area contributed by atoms with Gasteiger partial charge in [0.1, 0.15) is 11.6 Å². The number of aromatic nitrogens is 2. The maximum Gasteiger partial charge on any atom is 0.266 e. The average Bonchev–Trinajstić information content (AvgIpc) is 2.73. The van der Waals surface area contributed by atoms with Gasteiger partial charge in [-0.2, -0.15) is 0 Å². The molecule has 3 aromatic carbocycles. The number of benzene rings is 3. The normalized spacial score (nSPS) is 11.0. The van der Waals surface area contributed by atoms with Crippen molar-refractivity contribution in [2.45, 2.75) is 10.9 Å². The lowest BCUT2D eigenvalue weighted by Gasteiger charge is -2.14. The molecule has 4 nitrogen and oxygen atoms in total. The smallest absolute Gasteiger partial charge is 0.266 e. The summed E-state index contributed by atoms with van der Waals surface area (Å²) in [6.07, 6.45) is 0. The van der Waals surface area contributed by atoms with Crippen molar-refractivity contribution in [1.29, 1.82) is 0 Å². The van der Waals surface area contributed by atoms with Crippen LogP contribution < -0.4 is 10.3 Å². The molecule has 4 aromatic rings. The minimum Gasteiger partial charge on any atom is -0.497 e. The molecule has 0 atom stereocenters. The first-order chi connectivity index (χ1) is 14.1. The minimum atomic E-state index is -0.388. The first-order valence-corrected chi connectivity index (χ1v) is 10.2.